The van der Waals surface area contributed by atoms with Crippen molar-refractivity contribution in [2.45, 2.75) is 62.1 Å². The normalized spacial score (nSPS) is 25.2. The SMILES string of the molecule is Cn1c(SCCCN2C[C@@H]3CCN(c4cccnc4)[C@@H]3C2)nnc1C1CCCCC1. The maximum Gasteiger partial charge on any atom is 0.190 e. The Morgan fingerprint density at radius 3 is 2.83 bits per heavy atom. The van der Waals surface area contributed by atoms with Crippen LogP contribution in [0.2, 0.25) is 0 Å². The van der Waals surface area contributed by atoms with Crippen molar-refractivity contribution in [2.75, 3.05) is 36.8 Å². The van der Waals surface area contributed by atoms with E-state index in [0.29, 0.717) is 12.0 Å². The van der Waals surface area contributed by atoms with Crippen LogP contribution in [-0.4, -0.2) is 62.6 Å². The van der Waals surface area contributed by atoms with Gasteiger partial charge in [0.2, 0.25) is 0 Å². The molecule has 0 N–H and O–H groups in total. The Morgan fingerprint density at radius 2 is 2.00 bits per heavy atom. The third-order valence-corrected chi connectivity index (χ3v) is 8.40. The van der Waals surface area contributed by atoms with Gasteiger partial charge in [-0.3, -0.25) is 4.98 Å². The number of rotatable bonds is 7. The standard InChI is InChI=1S/C23H34N6S/c1-27-22(18-7-3-2-4-8-18)25-26-23(27)30-14-6-12-28-16-19-10-13-29(21(19)17-28)20-9-5-11-24-15-20/h5,9,11,15,18-19,21H,2-4,6-8,10,12-14,16-17H2,1H3/t19-,21+/m0/s1. The van der Waals surface area contributed by atoms with E-state index in [-0.39, 0.29) is 0 Å². The molecule has 2 atom stereocenters. The lowest BCUT2D eigenvalue weighted by Gasteiger charge is -2.26. The topological polar surface area (TPSA) is 50.1 Å². The van der Waals surface area contributed by atoms with Crippen LogP contribution in [-0.2, 0) is 7.05 Å². The van der Waals surface area contributed by atoms with E-state index in [9.17, 15) is 0 Å². The summed E-state index contributed by atoms with van der Waals surface area (Å²) in [7, 11) is 2.15. The molecule has 2 aromatic rings. The molecule has 7 heteroatoms. The lowest BCUT2D eigenvalue weighted by molar-refractivity contribution is 0.319. The van der Waals surface area contributed by atoms with Crippen LogP contribution in [0.3, 0.4) is 0 Å². The minimum absolute atomic E-state index is 0.623. The fourth-order valence-electron chi connectivity index (χ4n) is 5.70. The Hall–Kier alpha value is -1.60. The van der Waals surface area contributed by atoms with Crippen LogP contribution in [0.5, 0.6) is 0 Å². The van der Waals surface area contributed by atoms with E-state index in [2.05, 4.69) is 48.7 Å². The third kappa shape index (κ3) is 4.24. The minimum atomic E-state index is 0.623. The number of likely N-dealkylation sites (tertiary alicyclic amines) is 1. The molecule has 2 saturated heterocycles. The molecule has 0 bridgehead atoms. The Morgan fingerprint density at radius 1 is 1.10 bits per heavy atom. The molecule has 2 aromatic heterocycles. The number of anilines is 1. The number of hydrogen-bond acceptors (Lipinski definition) is 6. The van der Waals surface area contributed by atoms with Crippen molar-refractivity contribution in [1.82, 2.24) is 24.6 Å². The Bertz CT molecular complexity index is 818. The van der Waals surface area contributed by atoms with Crippen LogP contribution < -0.4 is 4.90 Å². The molecule has 1 saturated carbocycles. The van der Waals surface area contributed by atoms with Crippen molar-refractivity contribution in [1.29, 1.82) is 0 Å². The second kappa shape index (κ2) is 9.27. The molecule has 0 unspecified atom stereocenters. The van der Waals surface area contributed by atoms with Gasteiger partial charge in [-0.05, 0) is 50.3 Å². The summed E-state index contributed by atoms with van der Waals surface area (Å²) in [6.45, 7) is 4.82. The number of hydrogen-bond donors (Lipinski definition) is 0. The monoisotopic (exact) mass is 426 g/mol. The molecule has 30 heavy (non-hydrogen) atoms. The number of thioether (sulfide) groups is 1. The summed E-state index contributed by atoms with van der Waals surface area (Å²) < 4.78 is 2.26. The third-order valence-electron chi connectivity index (χ3n) is 7.29. The predicted octanol–water partition coefficient (Wildman–Crippen LogP) is 3.95. The number of nitrogens with zero attached hydrogens (tertiary/aromatic N) is 6. The first-order valence-corrected chi connectivity index (χ1v) is 12.7. The summed E-state index contributed by atoms with van der Waals surface area (Å²) in [4.78, 5) is 9.57. The van der Waals surface area contributed by atoms with E-state index in [1.165, 1.54) is 82.6 Å². The van der Waals surface area contributed by atoms with Gasteiger partial charge < -0.3 is 14.4 Å². The number of aromatic nitrogens is 4. The zero-order chi connectivity index (χ0) is 20.3. The Labute approximate surface area is 184 Å². The molecular formula is C23H34N6S. The average Bonchev–Trinajstić information content (AvgIpc) is 3.47. The van der Waals surface area contributed by atoms with Crippen molar-refractivity contribution in [3.05, 3.63) is 30.4 Å². The molecule has 0 spiro atoms. The molecule has 2 aliphatic heterocycles. The summed E-state index contributed by atoms with van der Waals surface area (Å²) in [6, 6.07) is 4.93. The molecule has 6 nitrogen and oxygen atoms in total. The first-order chi connectivity index (χ1) is 14.8. The molecule has 0 radical (unpaired) electrons. The van der Waals surface area contributed by atoms with Gasteiger partial charge in [-0.15, -0.1) is 10.2 Å². The van der Waals surface area contributed by atoms with Gasteiger partial charge in [0.15, 0.2) is 5.16 Å². The highest BCUT2D eigenvalue weighted by atomic mass is 32.2. The van der Waals surface area contributed by atoms with Gasteiger partial charge in [-0.25, -0.2) is 0 Å². The lowest BCUT2D eigenvalue weighted by Crippen LogP contribution is -2.35. The second-order valence-corrected chi connectivity index (χ2v) is 10.3. The lowest BCUT2D eigenvalue weighted by atomic mass is 9.89. The zero-order valence-electron chi connectivity index (χ0n) is 18.1. The van der Waals surface area contributed by atoms with E-state index >= 15 is 0 Å². The maximum atomic E-state index is 4.54. The van der Waals surface area contributed by atoms with Crippen LogP contribution in [0, 0.1) is 5.92 Å². The van der Waals surface area contributed by atoms with E-state index < -0.39 is 0 Å². The molecule has 4 heterocycles. The quantitative estimate of drug-likeness (QED) is 0.494. The highest BCUT2D eigenvalue weighted by Crippen LogP contribution is 2.35. The van der Waals surface area contributed by atoms with Crippen LogP contribution in [0.15, 0.2) is 29.7 Å². The molecule has 0 amide bonds. The summed E-state index contributed by atoms with van der Waals surface area (Å²) >= 11 is 1.88. The first-order valence-electron chi connectivity index (χ1n) is 11.7. The summed E-state index contributed by atoms with van der Waals surface area (Å²) in [6.07, 6.45) is 13.0. The van der Waals surface area contributed by atoms with Crippen LogP contribution in [0.1, 0.15) is 56.7 Å². The zero-order valence-corrected chi connectivity index (χ0v) is 18.9. The maximum absolute atomic E-state index is 4.54. The molecule has 162 valence electrons. The van der Waals surface area contributed by atoms with Crippen molar-refractivity contribution in [3.63, 3.8) is 0 Å². The number of fused-ring (bicyclic) bond motifs is 1. The van der Waals surface area contributed by atoms with E-state index in [0.717, 1.165) is 16.8 Å². The van der Waals surface area contributed by atoms with Gasteiger partial charge in [0.25, 0.3) is 0 Å². The van der Waals surface area contributed by atoms with Gasteiger partial charge in [0.05, 0.1) is 11.9 Å². The summed E-state index contributed by atoms with van der Waals surface area (Å²) in [5.74, 6) is 3.77. The Balaban J connectivity index is 1.08. The van der Waals surface area contributed by atoms with Crippen LogP contribution in [0.4, 0.5) is 5.69 Å². The Kier molecular flexibility index (Phi) is 6.27. The minimum Gasteiger partial charge on any atom is -0.366 e. The second-order valence-electron chi connectivity index (χ2n) is 9.22. The van der Waals surface area contributed by atoms with Gasteiger partial charge in [-0.1, -0.05) is 31.0 Å². The molecule has 3 fully saturated rings. The highest BCUT2D eigenvalue weighted by molar-refractivity contribution is 7.99. The average molecular weight is 427 g/mol. The van der Waals surface area contributed by atoms with Gasteiger partial charge in [0, 0.05) is 50.6 Å². The van der Waals surface area contributed by atoms with Gasteiger partial charge in [0.1, 0.15) is 5.82 Å². The molecule has 5 rings (SSSR count). The van der Waals surface area contributed by atoms with Gasteiger partial charge >= 0.3 is 0 Å². The molecular weight excluding hydrogens is 392 g/mol. The van der Waals surface area contributed by atoms with Crippen LogP contribution in [0.25, 0.3) is 0 Å². The molecule has 3 aliphatic rings. The highest BCUT2D eigenvalue weighted by Gasteiger charge is 2.41. The van der Waals surface area contributed by atoms with E-state index in [4.69, 9.17) is 0 Å². The van der Waals surface area contributed by atoms with Crippen LogP contribution >= 0.6 is 11.8 Å². The molecule has 0 aromatic carbocycles. The van der Waals surface area contributed by atoms with Crippen molar-refractivity contribution >= 4 is 17.4 Å². The molecule has 1 aliphatic carbocycles. The first kappa shape index (κ1) is 20.3. The summed E-state index contributed by atoms with van der Waals surface area (Å²) in [5, 5.41) is 10.1. The van der Waals surface area contributed by atoms with E-state index in [1.807, 2.05) is 24.2 Å². The van der Waals surface area contributed by atoms with Crippen molar-refractivity contribution in [3.8, 4) is 0 Å². The fourth-order valence-corrected chi connectivity index (χ4v) is 6.54. The van der Waals surface area contributed by atoms with Crippen molar-refractivity contribution in [2.24, 2.45) is 13.0 Å². The van der Waals surface area contributed by atoms with Gasteiger partial charge in [-0.2, -0.15) is 0 Å². The van der Waals surface area contributed by atoms with Crippen molar-refractivity contribution < 1.29 is 0 Å². The van der Waals surface area contributed by atoms with E-state index in [1.54, 1.807) is 0 Å². The smallest absolute Gasteiger partial charge is 0.190 e. The summed E-state index contributed by atoms with van der Waals surface area (Å²) in [5.41, 5.74) is 1.29. The number of pyridine rings is 1. The largest absolute Gasteiger partial charge is 0.366 e. The fraction of sp³-hybridized carbons (Fsp3) is 0.696. The predicted molar refractivity (Wildman–Crippen MR) is 122 cm³/mol.